The fourth-order valence-corrected chi connectivity index (χ4v) is 3.44. The van der Waals surface area contributed by atoms with Gasteiger partial charge >= 0.3 is 0 Å². The SMILES string of the molecule is COc1ccc(-c2cc(-c3ccc(Cl)cc3)nc(NC(=O)CNc3ccccc3OC)n2)cc1. The van der Waals surface area contributed by atoms with Gasteiger partial charge in [0.05, 0.1) is 37.8 Å². The van der Waals surface area contributed by atoms with Gasteiger partial charge in [-0.15, -0.1) is 0 Å². The molecule has 2 N–H and O–H groups in total. The van der Waals surface area contributed by atoms with E-state index >= 15 is 0 Å². The molecule has 0 saturated heterocycles. The Balaban J connectivity index is 1.60. The third-order valence-electron chi connectivity index (χ3n) is 5.05. The van der Waals surface area contributed by atoms with Crippen molar-refractivity contribution in [2.75, 3.05) is 31.4 Å². The van der Waals surface area contributed by atoms with Gasteiger partial charge in [0, 0.05) is 16.1 Å². The minimum Gasteiger partial charge on any atom is -0.497 e. The Hall–Kier alpha value is -4.10. The summed E-state index contributed by atoms with van der Waals surface area (Å²) in [6.45, 7) is 0.0206. The number of rotatable bonds is 8. The lowest BCUT2D eigenvalue weighted by Crippen LogP contribution is -2.23. The number of anilines is 2. The monoisotopic (exact) mass is 474 g/mol. The highest BCUT2D eigenvalue weighted by Crippen LogP contribution is 2.27. The normalized spacial score (nSPS) is 10.4. The molecule has 4 rings (SSSR count). The third-order valence-corrected chi connectivity index (χ3v) is 5.30. The van der Waals surface area contributed by atoms with Crippen molar-refractivity contribution in [3.8, 4) is 34.0 Å². The van der Waals surface area contributed by atoms with E-state index in [0.29, 0.717) is 22.2 Å². The molecule has 7 nitrogen and oxygen atoms in total. The number of hydrogen-bond acceptors (Lipinski definition) is 6. The molecule has 0 aliphatic carbocycles. The van der Waals surface area contributed by atoms with Crippen molar-refractivity contribution in [3.63, 3.8) is 0 Å². The summed E-state index contributed by atoms with van der Waals surface area (Å²) in [6.07, 6.45) is 0. The van der Waals surface area contributed by atoms with E-state index < -0.39 is 0 Å². The summed E-state index contributed by atoms with van der Waals surface area (Å²) in [5.74, 6) is 1.30. The molecular weight excluding hydrogens is 452 g/mol. The molecule has 4 aromatic rings. The molecule has 0 atom stereocenters. The zero-order valence-corrected chi connectivity index (χ0v) is 19.5. The molecule has 0 spiro atoms. The molecule has 0 unspecified atom stereocenters. The summed E-state index contributed by atoms with van der Waals surface area (Å²) in [5, 5.41) is 6.49. The summed E-state index contributed by atoms with van der Waals surface area (Å²) >= 11 is 6.04. The van der Waals surface area contributed by atoms with Crippen molar-refractivity contribution < 1.29 is 14.3 Å². The lowest BCUT2D eigenvalue weighted by Gasteiger charge is -2.12. The van der Waals surface area contributed by atoms with Gasteiger partial charge in [0.2, 0.25) is 11.9 Å². The van der Waals surface area contributed by atoms with E-state index in [4.69, 9.17) is 21.1 Å². The fraction of sp³-hybridized carbons (Fsp3) is 0.115. The second kappa shape index (κ2) is 10.7. The quantitative estimate of drug-likeness (QED) is 0.349. The van der Waals surface area contributed by atoms with Gasteiger partial charge in [-0.25, -0.2) is 9.97 Å². The zero-order chi connectivity index (χ0) is 23.9. The Kier molecular flexibility index (Phi) is 7.25. The molecule has 34 heavy (non-hydrogen) atoms. The van der Waals surface area contributed by atoms with Crippen molar-refractivity contribution in [2.45, 2.75) is 0 Å². The number of aromatic nitrogens is 2. The number of hydrogen-bond donors (Lipinski definition) is 2. The first kappa shape index (κ1) is 23.1. The number of benzene rings is 3. The van der Waals surface area contributed by atoms with Crippen LogP contribution in [0, 0.1) is 0 Å². The van der Waals surface area contributed by atoms with Gasteiger partial charge < -0.3 is 14.8 Å². The average Bonchev–Trinajstić information content (AvgIpc) is 2.88. The molecule has 0 aliphatic rings. The van der Waals surface area contributed by atoms with Crippen LogP contribution in [0.25, 0.3) is 22.5 Å². The van der Waals surface area contributed by atoms with E-state index in [2.05, 4.69) is 20.6 Å². The predicted molar refractivity (Wildman–Crippen MR) is 135 cm³/mol. The molecule has 172 valence electrons. The first-order valence-corrected chi connectivity index (χ1v) is 10.9. The summed E-state index contributed by atoms with van der Waals surface area (Å²) in [5.41, 5.74) is 3.75. The van der Waals surface area contributed by atoms with Crippen LogP contribution in [-0.2, 0) is 4.79 Å². The van der Waals surface area contributed by atoms with Crippen LogP contribution in [0.2, 0.25) is 5.02 Å². The number of carbonyl (C=O) groups is 1. The molecule has 0 saturated carbocycles. The smallest absolute Gasteiger partial charge is 0.246 e. The number of methoxy groups -OCH3 is 2. The van der Waals surface area contributed by atoms with Crippen LogP contribution in [0.4, 0.5) is 11.6 Å². The van der Waals surface area contributed by atoms with Gasteiger partial charge in [-0.3, -0.25) is 10.1 Å². The first-order chi connectivity index (χ1) is 16.6. The molecule has 0 bridgehead atoms. The largest absolute Gasteiger partial charge is 0.497 e. The standard InChI is InChI=1S/C26H23ClN4O3/c1-33-20-13-9-18(10-14-20)23-15-22(17-7-11-19(27)12-8-17)29-26(30-23)31-25(32)16-28-21-5-3-4-6-24(21)34-2/h3-15,28H,16H2,1-2H3,(H,29,30,31,32). The zero-order valence-electron chi connectivity index (χ0n) is 18.7. The summed E-state index contributed by atoms with van der Waals surface area (Å²) in [7, 11) is 3.20. The fourth-order valence-electron chi connectivity index (χ4n) is 3.32. The maximum absolute atomic E-state index is 12.7. The highest BCUT2D eigenvalue weighted by Gasteiger charge is 2.12. The van der Waals surface area contributed by atoms with Crippen molar-refractivity contribution >= 4 is 29.1 Å². The van der Waals surface area contributed by atoms with Crippen LogP contribution in [0.1, 0.15) is 0 Å². The highest BCUT2D eigenvalue weighted by atomic mass is 35.5. The van der Waals surface area contributed by atoms with Crippen LogP contribution in [-0.4, -0.2) is 36.6 Å². The Morgan fingerprint density at radius 3 is 2.09 bits per heavy atom. The molecule has 0 radical (unpaired) electrons. The van der Waals surface area contributed by atoms with E-state index in [0.717, 1.165) is 22.6 Å². The Bertz CT molecular complexity index is 1280. The number of para-hydroxylation sites is 2. The van der Waals surface area contributed by atoms with Crippen LogP contribution < -0.4 is 20.1 Å². The van der Waals surface area contributed by atoms with Crippen molar-refractivity contribution in [3.05, 3.63) is 83.9 Å². The molecule has 8 heteroatoms. The van der Waals surface area contributed by atoms with Crippen molar-refractivity contribution in [1.29, 1.82) is 0 Å². The predicted octanol–water partition coefficient (Wildman–Crippen LogP) is 5.53. The van der Waals surface area contributed by atoms with Crippen LogP contribution in [0.3, 0.4) is 0 Å². The van der Waals surface area contributed by atoms with E-state index in [-0.39, 0.29) is 18.4 Å². The van der Waals surface area contributed by atoms with Gasteiger partial charge in [-0.2, -0.15) is 0 Å². The van der Waals surface area contributed by atoms with Crippen LogP contribution >= 0.6 is 11.6 Å². The van der Waals surface area contributed by atoms with Gasteiger partial charge in [0.1, 0.15) is 11.5 Å². The molecular formula is C26H23ClN4O3. The highest BCUT2D eigenvalue weighted by molar-refractivity contribution is 6.30. The number of carbonyl (C=O) groups excluding carboxylic acids is 1. The second-order valence-corrected chi connectivity index (χ2v) is 7.74. The second-order valence-electron chi connectivity index (χ2n) is 7.30. The lowest BCUT2D eigenvalue weighted by molar-refractivity contribution is -0.114. The van der Waals surface area contributed by atoms with E-state index in [1.165, 1.54) is 0 Å². The molecule has 1 heterocycles. The molecule has 1 amide bonds. The minimum absolute atomic E-state index is 0.0206. The van der Waals surface area contributed by atoms with E-state index in [1.54, 1.807) is 26.4 Å². The Morgan fingerprint density at radius 2 is 1.47 bits per heavy atom. The summed E-state index contributed by atoms with van der Waals surface area (Å²) < 4.78 is 10.6. The van der Waals surface area contributed by atoms with Crippen molar-refractivity contribution in [2.24, 2.45) is 0 Å². The lowest BCUT2D eigenvalue weighted by atomic mass is 10.1. The average molecular weight is 475 g/mol. The Labute approximate surface area is 202 Å². The van der Waals surface area contributed by atoms with E-state index in [9.17, 15) is 4.79 Å². The maximum atomic E-state index is 12.7. The summed E-state index contributed by atoms with van der Waals surface area (Å²) in [4.78, 5) is 21.8. The minimum atomic E-state index is -0.292. The van der Waals surface area contributed by atoms with Crippen LogP contribution in [0.5, 0.6) is 11.5 Å². The first-order valence-electron chi connectivity index (χ1n) is 10.5. The molecule has 1 aromatic heterocycles. The Morgan fingerprint density at radius 1 is 0.853 bits per heavy atom. The van der Waals surface area contributed by atoms with Gasteiger partial charge in [0.25, 0.3) is 0 Å². The van der Waals surface area contributed by atoms with Crippen LogP contribution in [0.15, 0.2) is 78.9 Å². The maximum Gasteiger partial charge on any atom is 0.246 e. The number of ether oxygens (including phenoxy) is 2. The molecule has 0 fully saturated rings. The number of nitrogens with one attached hydrogen (secondary N) is 2. The number of amides is 1. The number of nitrogens with zero attached hydrogens (tertiary/aromatic N) is 2. The molecule has 0 aliphatic heterocycles. The van der Waals surface area contributed by atoms with Gasteiger partial charge in [0.15, 0.2) is 0 Å². The van der Waals surface area contributed by atoms with E-state index in [1.807, 2.05) is 66.7 Å². The third kappa shape index (κ3) is 5.63. The number of halogens is 1. The van der Waals surface area contributed by atoms with Gasteiger partial charge in [-0.1, -0.05) is 35.9 Å². The van der Waals surface area contributed by atoms with Crippen molar-refractivity contribution in [1.82, 2.24) is 9.97 Å². The topological polar surface area (TPSA) is 85.4 Å². The van der Waals surface area contributed by atoms with Gasteiger partial charge in [-0.05, 0) is 54.6 Å². The summed E-state index contributed by atoms with van der Waals surface area (Å²) in [6, 6.07) is 24.1. The molecule has 3 aromatic carbocycles.